The Kier molecular flexibility index (Phi) is 7.66. The van der Waals surface area contributed by atoms with Crippen LogP contribution in [-0.4, -0.2) is 77.4 Å². The Morgan fingerprint density at radius 1 is 1.19 bits per heavy atom. The van der Waals surface area contributed by atoms with Crippen LogP contribution in [-0.2, 0) is 17.6 Å². The minimum atomic E-state index is -0.618. The molecule has 4 aliphatic rings. The smallest absolute Gasteiger partial charge is 0.308 e. The molecule has 1 fully saturated rings. The van der Waals surface area contributed by atoms with Crippen LogP contribution in [0.3, 0.4) is 0 Å². The summed E-state index contributed by atoms with van der Waals surface area (Å²) in [5, 5.41) is 25.6. The minimum absolute atomic E-state index is 0.0317. The molecule has 2 aromatic carbocycles. The number of aromatic hydroxyl groups is 1. The van der Waals surface area contributed by atoms with Crippen LogP contribution in [0.1, 0.15) is 62.7 Å². The highest BCUT2D eigenvalue weighted by molar-refractivity contribution is 6.32. The SMILES string of the molecule is COc1c(C)cc2c(c1O)C1C3Cc4c(OC(C)=O)c(C)c5c(c4[C@H](CNC(=O)c4cccnc4Cl)N3[C@@H](C#N)C(C2)N1C)OCO5. The molecular weight excluding hydrogens is 626 g/mol. The summed E-state index contributed by atoms with van der Waals surface area (Å²) in [5.41, 5.74) is 4.73. The monoisotopic (exact) mass is 659 g/mol. The molecule has 2 N–H and O–H groups in total. The van der Waals surface area contributed by atoms with E-state index in [4.69, 9.17) is 30.5 Å². The van der Waals surface area contributed by atoms with E-state index in [1.165, 1.54) is 20.2 Å². The number of phenolic OH excluding ortho intramolecular Hbond substituents is 1. The maximum absolute atomic E-state index is 13.5. The highest BCUT2D eigenvalue weighted by Crippen LogP contribution is 2.58. The van der Waals surface area contributed by atoms with E-state index in [0.29, 0.717) is 47.0 Å². The molecule has 13 heteroatoms. The number of aromatic nitrogens is 1. The number of nitrogens with zero attached hydrogens (tertiary/aromatic N) is 4. The average Bonchev–Trinajstić information content (AvgIpc) is 3.53. The van der Waals surface area contributed by atoms with Crippen molar-refractivity contribution in [2.24, 2.45) is 0 Å². The lowest BCUT2D eigenvalue weighted by Gasteiger charge is -2.60. The molecule has 4 aliphatic heterocycles. The van der Waals surface area contributed by atoms with Gasteiger partial charge >= 0.3 is 5.97 Å². The molecule has 5 atom stereocenters. The number of nitriles is 1. The van der Waals surface area contributed by atoms with Gasteiger partial charge in [-0.15, -0.1) is 0 Å². The first-order valence-corrected chi connectivity index (χ1v) is 15.7. The number of rotatable bonds is 5. The number of piperazine rings is 1. The lowest BCUT2D eigenvalue weighted by atomic mass is 9.71. The van der Waals surface area contributed by atoms with Crippen LogP contribution >= 0.6 is 11.6 Å². The molecule has 1 aromatic heterocycles. The number of benzene rings is 2. The van der Waals surface area contributed by atoms with Crippen LogP contribution < -0.4 is 24.3 Å². The Morgan fingerprint density at radius 3 is 2.66 bits per heavy atom. The van der Waals surface area contributed by atoms with Crippen molar-refractivity contribution in [1.82, 2.24) is 20.1 Å². The summed E-state index contributed by atoms with van der Waals surface area (Å²) in [6, 6.07) is 5.58. The summed E-state index contributed by atoms with van der Waals surface area (Å²) in [6.07, 6.45) is 2.37. The molecule has 2 bridgehead atoms. The van der Waals surface area contributed by atoms with Crippen molar-refractivity contribution in [3.63, 3.8) is 0 Å². The first-order chi connectivity index (χ1) is 22.6. The zero-order valence-corrected chi connectivity index (χ0v) is 27.3. The third-order valence-corrected chi connectivity index (χ3v) is 10.3. The molecule has 7 rings (SSSR count). The van der Waals surface area contributed by atoms with Gasteiger partial charge in [-0.3, -0.25) is 19.4 Å². The van der Waals surface area contributed by atoms with Gasteiger partial charge in [-0.05, 0) is 57.0 Å². The van der Waals surface area contributed by atoms with Crippen LogP contribution in [0.2, 0.25) is 5.15 Å². The standard InChI is InChI=1S/C34H34ClN5O7/c1-15-9-18-10-21-23(12-36)40-22(27(39(21)4)25(18)28(42)29(15)44-5)11-20-26(24(40)13-38-34(43)19-7-6-8-37-33(19)35)32-31(45-14-46-32)16(2)30(20)47-17(3)41/h6-9,21-24,27,42H,10-11,13-14H2,1-5H3,(H,38,43)/t21?,22?,23-,24-,27?/m0/s1. The number of hydrogen-bond acceptors (Lipinski definition) is 11. The molecule has 0 saturated carbocycles. The predicted octanol–water partition coefficient (Wildman–Crippen LogP) is 3.92. The summed E-state index contributed by atoms with van der Waals surface area (Å²) in [4.78, 5) is 34.3. The molecule has 0 spiro atoms. The highest BCUT2D eigenvalue weighted by atomic mass is 35.5. The Labute approximate surface area is 276 Å². The first kappa shape index (κ1) is 31.1. The average molecular weight is 660 g/mol. The van der Waals surface area contributed by atoms with Gasteiger partial charge in [0, 0.05) is 54.0 Å². The molecule has 244 valence electrons. The van der Waals surface area contributed by atoms with E-state index in [2.05, 4.69) is 26.2 Å². The number of pyridine rings is 1. The number of hydrogen-bond donors (Lipinski definition) is 2. The summed E-state index contributed by atoms with van der Waals surface area (Å²) in [6.45, 7) is 5.08. The lowest BCUT2D eigenvalue weighted by molar-refractivity contribution is -0.132. The zero-order chi connectivity index (χ0) is 33.3. The summed E-state index contributed by atoms with van der Waals surface area (Å²) < 4.78 is 23.5. The van der Waals surface area contributed by atoms with Crippen molar-refractivity contribution < 1.29 is 33.6 Å². The van der Waals surface area contributed by atoms with Gasteiger partial charge in [0.2, 0.25) is 6.79 Å². The number of amides is 1. The van der Waals surface area contributed by atoms with Crippen LogP contribution in [0.15, 0.2) is 24.4 Å². The van der Waals surface area contributed by atoms with Gasteiger partial charge in [-0.1, -0.05) is 17.7 Å². The molecule has 3 aromatic rings. The van der Waals surface area contributed by atoms with E-state index < -0.39 is 30.0 Å². The number of phenols is 1. The second-order valence-electron chi connectivity index (χ2n) is 12.4. The van der Waals surface area contributed by atoms with Crippen LogP contribution in [0.5, 0.6) is 28.7 Å². The summed E-state index contributed by atoms with van der Waals surface area (Å²) >= 11 is 6.27. The van der Waals surface area contributed by atoms with Gasteiger partial charge in [0.05, 0.1) is 30.8 Å². The number of carbonyl (C=O) groups is 2. The van der Waals surface area contributed by atoms with Gasteiger partial charge in [0.25, 0.3) is 5.91 Å². The molecule has 3 unspecified atom stereocenters. The summed E-state index contributed by atoms with van der Waals surface area (Å²) in [5.74, 6) is 0.851. The number of fused-ring (bicyclic) bond motifs is 9. The number of methoxy groups -OCH3 is 1. The fraction of sp³-hybridized carbons (Fsp3) is 0.412. The summed E-state index contributed by atoms with van der Waals surface area (Å²) in [7, 11) is 3.50. The number of esters is 1. The molecule has 0 aliphatic carbocycles. The van der Waals surface area contributed by atoms with E-state index in [1.807, 2.05) is 27.0 Å². The Bertz CT molecular complexity index is 1880. The molecule has 1 saturated heterocycles. The molecule has 0 radical (unpaired) electrons. The topological polar surface area (TPSA) is 146 Å². The Morgan fingerprint density at radius 2 is 1.96 bits per heavy atom. The van der Waals surface area contributed by atoms with E-state index in [-0.39, 0.29) is 41.9 Å². The maximum Gasteiger partial charge on any atom is 0.308 e. The third kappa shape index (κ3) is 4.67. The third-order valence-electron chi connectivity index (χ3n) is 9.97. The van der Waals surface area contributed by atoms with E-state index >= 15 is 0 Å². The van der Waals surface area contributed by atoms with Crippen molar-refractivity contribution in [1.29, 1.82) is 5.26 Å². The van der Waals surface area contributed by atoms with Crippen molar-refractivity contribution in [3.8, 4) is 34.8 Å². The molecule has 12 nitrogen and oxygen atoms in total. The normalized spacial score (nSPS) is 24.0. The first-order valence-electron chi connectivity index (χ1n) is 15.4. The van der Waals surface area contributed by atoms with Crippen LogP contribution in [0, 0.1) is 25.2 Å². The van der Waals surface area contributed by atoms with Crippen molar-refractivity contribution in [2.45, 2.75) is 63.8 Å². The number of carbonyl (C=O) groups excluding carboxylic acids is 2. The van der Waals surface area contributed by atoms with Gasteiger partial charge in [-0.25, -0.2) is 4.98 Å². The van der Waals surface area contributed by atoms with Crippen LogP contribution in [0.25, 0.3) is 0 Å². The lowest BCUT2D eigenvalue weighted by Crippen LogP contribution is -2.68. The fourth-order valence-electron chi connectivity index (χ4n) is 8.15. The minimum Gasteiger partial charge on any atom is -0.504 e. The second-order valence-corrected chi connectivity index (χ2v) is 12.8. The van der Waals surface area contributed by atoms with Crippen molar-refractivity contribution in [3.05, 3.63) is 68.5 Å². The van der Waals surface area contributed by atoms with Crippen molar-refractivity contribution in [2.75, 3.05) is 27.5 Å². The van der Waals surface area contributed by atoms with Gasteiger partial charge < -0.3 is 29.4 Å². The quantitative estimate of drug-likeness (QED) is 0.233. The largest absolute Gasteiger partial charge is 0.504 e. The Hall–Kier alpha value is -4.57. The number of aryl methyl sites for hydroxylation is 1. The van der Waals surface area contributed by atoms with Gasteiger partial charge in [0.15, 0.2) is 23.0 Å². The van der Waals surface area contributed by atoms with E-state index in [9.17, 15) is 20.0 Å². The Balaban J connectivity index is 1.44. The van der Waals surface area contributed by atoms with E-state index in [1.54, 1.807) is 12.1 Å². The molecule has 5 heterocycles. The van der Waals surface area contributed by atoms with Crippen LogP contribution in [0.4, 0.5) is 0 Å². The van der Waals surface area contributed by atoms with Crippen molar-refractivity contribution >= 4 is 23.5 Å². The van der Waals surface area contributed by atoms with Gasteiger partial charge in [-0.2, -0.15) is 5.26 Å². The molecule has 47 heavy (non-hydrogen) atoms. The van der Waals surface area contributed by atoms with Gasteiger partial charge in [0.1, 0.15) is 16.9 Å². The molecule has 1 amide bonds. The maximum atomic E-state index is 13.5. The fourth-order valence-corrected chi connectivity index (χ4v) is 8.36. The number of halogens is 1. The van der Waals surface area contributed by atoms with E-state index in [0.717, 1.165) is 22.3 Å². The second kappa shape index (κ2) is 11.6. The number of likely N-dealkylation sites (N-methyl/N-ethyl adjacent to an activating group) is 1. The predicted molar refractivity (Wildman–Crippen MR) is 169 cm³/mol. The number of nitrogens with one attached hydrogen (secondary N) is 1. The highest BCUT2D eigenvalue weighted by Gasteiger charge is 2.57. The zero-order valence-electron chi connectivity index (χ0n) is 26.6. The molecular formula is C34H34ClN5O7. The number of ether oxygens (including phenoxy) is 4.